The Bertz CT molecular complexity index is 804. The van der Waals surface area contributed by atoms with Crippen molar-refractivity contribution in [3.8, 4) is 0 Å². The van der Waals surface area contributed by atoms with Gasteiger partial charge in [-0.2, -0.15) is 0 Å². The van der Waals surface area contributed by atoms with E-state index in [0.29, 0.717) is 29.8 Å². The fourth-order valence-electron chi connectivity index (χ4n) is 2.02. The number of amides is 1. The summed E-state index contributed by atoms with van der Waals surface area (Å²) in [5, 5.41) is 6.49. The fraction of sp³-hybridized carbons (Fsp3) is 0.118. The van der Waals surface area contributed by atoms with Crippen molar-refractivity contribution in [3.05, 3.63) is 77.0 Å². The summed E-state index contributed by atoms with van der Waals surface area (Å²) < 4.78 is 5.22. The van der Waals surface area contributed by atoms with Gasteiger partial charge < -0.3 is 15.1 Å². The molecule has 2 N–H and O–H groups in total. The molecule has 0 atom stereocenters. The number of carbonyl (C=O) groups excluding carboxylic acids is 1. The molecule has 0 fully saturated rings. The minimum atomic E-state index is -0.270. The maximum absolute atomic E-state index is 12.2. The van der Waals surface area contributed by atoms with Gasteiger partial charge >= 0.3 is 0 Å². The first-order valence-electron chi connectivity index (χ1n) is 7.32. The highest BCUT2D eigenvalue weighted by Crippen LogP contribution is 2.10. The van der Waals surface area contributed by atoms with Crippen molar-refractivity contribution in [3.63, 3.8) is 0 Å². The molecule has 0 unspecified atom stereocenters. The molecule has 6 nitrogen and oxygen atoms in total. The lowest BCUT2D eigenvalue weighted by Crippen LogP contribution is -2.24. The summed E-state index contributed by atoms with van der Waals surface area (Å²) in [7, 11) is 0. The molecule has 0 aliphatic rings. The van der Waals surface area contributed by atoms with Gasteiger partial charge in [0.2, 0.25) is 5.95 Å². The normalized spacial score (nSPS) is 10.4. The van der Waals surface area contributed by atoms with Crippen molar-refractivity contribution in [2.24, 2.45) is 0 Å². The quantitative estimate of drug-likeness (QED) is 0.718. The molecule has 0 aliphatic carbocycles. The fourth-order valence-corrected chi connectivity index (χ4v) is 2.15. The van der Waals surface area contributed by atoms with E-state index in [1.54, 1.807) is 30.5 Å². The molecule has 122 valence electrons. The molecule has 24 heavy (non-hydrogen) atoms. The van der Waals surface area contributed by atoms with Gasteiger partial charge in [-0.1, -0.05) is 23.7 Å². The third-order valence-corrected chi connectivity index (χ3v) is 3.51. The minimum Gasteiger partial charge on any atom is -0.467 e. The summed E-state index contributed by atoms with van der Waals surface area (Å²) in [6, 6.07) is 12.5. The first-order chi connectivity index (χ1) is 11.7. The van der Waals surface area contributed by atoms with Crippen LogP contribution in [0.5, 0.6) is 0 Å². The van der Waals surface area contributed by atoms with E-state index in [-0.39, 0.29) is 5.91 Å². The van der Waals surface area contributed by atoms with Crippen LogP contribution in [0.2, 0.25) is 5.02 Å². The second kappa shape index (κ2) is 7.61. The number of rotatable bonds is 6. The van der Waals surface area contributed by atoms with Crippen LogP contribution >= 0.6 is 11.6 Å². The van der Waals surface area contributed by atoms with Gasteiger partial charge in [-0.05, 0) is 35.9 Å². The Balaban J connectivity index is 1.58. The first kappa shape index (κ1) is 16.0. The lowest BCUT2D eigenvalue weighted by atomic mass is 10.2. The average molecular weight is 343 g/mol. The van der Waals surface area contributed by atoms with Gasteiger partial charge in [-0.3, -0.25) is 4.79 Å². The number of hydrogen-bond acceptors (Lipinski definition) is 5. The van der Waals surface area contributed by atoms with Crippen molar-refractivity contribution < 1.29 is 9.21 Å². The van der Waals surface area contributed by atoms with Gasteiger partial charge in [-0.25, -0.2) is 9.97 Å². The number of hydrogen-bond donors (Lipinski definition) is 2. The molecule has 0 radical (unpaired) electrons. The van der Waals surface area contributed by atoms with Crippen LogP contribution in [-0.2, 0) is 13.1 Å². The molecule has 1 amide bonds. The van der Waals surface area contributed by atoms with Crippen molar-refractivity contribution in [2.75, 3.05) is 5.32 Å². The summed E-state index contributed by atoms with van der Waals surface area (Å²) in [6.45, 7) is 0.845. The Morgan fingerprint density at radius 3 is 2.71 bits per heavy atom. The van der Waals surface area contributed by atoms with Crippen molar-refractivity contribution in [1.29, 1.82) is 0 Å². The number of halogens is 1. The topological polar surface area (TPSA) is 80.0 Å². The molecular formula is C17H15ClN4O2. The van der Waals surface area contributed by atoms with E-state index in [0.717, 1.165) is 11.3 Å². The maximum atomic E-state index is 12.2. The second-order valence-electron chi connectivity index (χ2n) is 5.01. The van der Waals surface area contributed by atoms with Gasteiger partial charge in [0.1, 0.15) is 11.5 Å². The Morgan fingerprint density at radius 1 is 1.12 bits per heavy atom. The number of nitrogens with one attached hydrogen (secondary N) is 2. The standard InChI is InChI=1S/C17H15ClN4O2/c18-13-5-3-12(4-6-13)10-20-16(23)15-7-8-19-17(22-15)21-11-14-2-1-9-24-14/h1-9H,10-11H2,(H,20,23)(H,19,21,22). The molecule has 0 bridgehead atoms. The molecule has 0 saturated carbocycles. The van der Waals surface area contributed by atoms with Crippen molar-refractivity contribution in [1.82, 2.24) is 15.3 Å². The van der Waals surface area contributed by atoms with Crippen molar-refractivity contribution in [2.45, 2.75) is 13.1 Å². The minimum absolute atomic E-state index is 0.270. The van der Waals surface area contributed by atoms with E-state index in [1.807, 2.05) is 18.2 Å². The number of carbonyl (C=O) groups is 1. The zero-order chi connectivity index (χ0) is 16.8. The molecule has 2 aromatic heterocycles. The van der Waals surface area contributed by atoms with Crippen LogP contribution in [0.25, 0.3) is 0 Å². The Kier molecular flexibility index (Phi) is 5.08. The smallest absolute Gasteiger partial charge is 0.270 e. The summed E-state index contributed by atoms with van der Waals surface area (Å²) in [5.41, 5.74) is 1.25. The zero-order valence-electron chi connectivity index (χ0n) is 12.7. The van der Waals surface area contributed by atoms with Gasteiger partial charge in [-0.15, -0.1) is 0 Å². The molecule has 0 saturated heterocycles. The van der Waals surface area contributed by atoms with E-state index in [2.05, 4.69) is 20.6 Å². The summed E-state index contributed by atoms with van der Waals surface area (Å²) in [4.78, 5) is 20.5. The molecule has 0 aliphatic heterocycles. The zero-order valence-corrected chi connectivity index (χ0v) is 13.5. The maximum Gasteiger partial charge on any atom is 0.270 e. The lowest BCUT2D eigenvalue weighted by Gasteiger charge is -2.07. The predicted molar refractivity (Wildman–Crippen MR) is 90.7 cm³/mol. The van der Waals surface area contributed by atoms with Crippen molar-refractivity contribution >= 4 is 23.5 Å². The molecular weight excluding hydrogens is 328 g/mol. The lowest BCUT2D eigenvalue weighted by molar-refractivity contribution is 0.0946. The van der Waals surface area contributed by atoms with E-state index in [1.165, 1.54) is 6.20 Å². The molecule has 1 aromatic carbocycles. The third kappa shape index (κ3) is 4.33. The van der Waals surface area contributed by atoms with Crippen LogP contribution in [-0.4, -0.2) is 15.9 Å². The van der Waals surface area contributed by atoms with Gasteiger partial charge in [0, 0.05) is 17.8 Å². The average Bonchev–Trinajstić information content (AvgIpc) is 3.13. The van der Waals surface area contributed by atoms with Crippen LogP contribution in [0.15, 0.2) is 59.3 Å². The molecule has 2 heterocycles. The number of furan rings is 1. The van der Waals surface area contributed by atoms with Crippen LogP contribution in [0.4, 0.5) is 5.95 Å². The highest BCUT2D eigenvalue weighted by atomic mass is 35.5. The summed E-state index contributed by atoms with van der Waals surface area (Å²) in [5.74, 6) is 0.857. The second-order valence-corrected chi connectivity index (χ2v) is 5.44. The highest BCUT2D eigenvalue weighted by Gasteiger charge is 2.09. The number of anilines is 1. The van der Waals surface area contributed by atoms with Gasteiger partial charge in [0.15, 0.2) is 0 Å². The third-order valence-electron chi connectivity index (χ3n) is 3.26. The van der Waals surface area contributed by atoms with E-state index in [9.17, 15) is 4.79 Å². The van der Waals surface area contributed by atoms with Gasteiger partial charge in [0.25, 0.3) is 5.91 Å². The number of aromatic nitrogens is 2. The first-order valence-corrected chi connectivity index (χ1v) is 7.70. The summed E-state index contributed by atoms with van der Waals surface area (Å²) in [6.07, 6.45) is 3.13. The van der Waals surface area contributed by atoms with Crippen LogP contribution in [0.3, 0.4) is 0 Å². The number of benzene rings is 1. The largest absolute Gasteiger partial charge is 0.467 e. The monoisotopic (exact) mass is 342 g/mol. The molecule has 7 heteroatoms. The van der Waals surface area contributed by atoms with E-state index < -0.39 is 0 Å². The van der Waals surface area contributed by atoms with E-state index in [4.69, 9.17) is 16.0 Å². The molecule has 0 spiro atoms. The van der Waals surface area contributed by atoms with Gasteiger partial charge in [0.05, 0.1) is 12.8 Å². The number of nitrogens with zero attached hydrogens (tertiary/aromatic N) is 2. The van der Waals surface area contributed by atoms with Crippen LogP contribution < -0.4 is 10.6 Å². The molecule has 3 rings (SSSR count). The molecule has 3 aromatic rings. The van der Waals surface area contributed by atoms with Crippen LogP contribution in [0, 0.1) is 0 Å². The van der Waals surface area contributed by atoms with E-state index >= 15 is 0 Å². The Hall–Kier alpha value is -2.86. The highest BCUT2D eigenvalue weighted by molar-refractivity contribution is 6.30. The predicted octanol–water partition coefficient (Wildman–Crippen LogP) is 3.27. The SMILES string of the molecule is O=C(NCc1ccc(Cl)cc1)c1ccnc(NCc2ccco2)n1. The Labute approximate surface area is 143 Å². The Morgan fingerprint density at radius 2 is 1.96 bits per heavy atom. The summed E-state index contributed by atoms with van der Waals surface area (Å²) >= 11 is 5.84. The van der Waals surface area contributed by atoms with Crippen LogP contribution in [0.1, 0.15) is 21.8 Å².